The number of aliphatic carboxylic acids is 1. The van der Waals surface area contributed by atoms with Crippen molar-refractivity contribution < 1.29 is 28.9 Å². The number of carboxylic acid groups (broad SMARTS) is 1. The van der Waals surface area contributed by atoms with Crippen LogP contribution in [0.5, 0.6) is 17.2 Å². The SMILES string of the molecule is COc1ccc(CN2CC(C(=O)O)CC2=O)c(OCCOc2cccc(C)c2)c1. The molecule has 1 heterocycles. The maximum atomic E-state index is 12.1. The topological polar surface area (TPSA) is 85.3 Å². The van der Waals surface area contributed by atoms with E-state index in [1.807, 2.05) is 37.3 Å². The number of carbonyl (C=O) groups is 2. The lowest BCUT2D eigenvalue weighted by Gasteiger charge is -2.19. The van der Waals surface area contributed by atoms with Crippen molar-refractivity contribution in [3.63, 3.8) is 0 Å². The summed E-state index contributed by atoms with van der Waals surface area (Å²) in [5, 5.41) is 9.16. The number of amides is 1. The van der Waals surface area contributed by atoms with Crippen LogP contribution in [0.3, 0.4) is 0 Å². The number of rotatable bonds is 9. The van der Waals surface area contributed by atoms with E-state index in [2.05, 4.69) is 0 Å². The van der Waals surface area contributed by atoms with Gasteiger partial charge < -0.3 is 24.2 Å². The van der Waals surface area contributed by atoms with Crippen LogP contribution in [0.25, 0.3) is 0 Å². The lowest BCUT2D eigenvalue weighted by atomic mass is 10.1. The first-order valence-electron chi connectivity index (χ1n) is 9.46. The van der Waals surface area contributed by atoms with Crippen LogP contribution in [0.2, 0.25) is 0 Å². The summed E-state index contributed by atoms with van der Waals surface area (Å²) in [5.74, 6) is 0.236. The van der Waals surface area contributed by atoms with Crippen LogP contribution < -0.4 is 14.2 Å². The zero-order chi connectivity index (χ0) is 20.8. The number of carbonyl (C=O) groups excluding carboxylic acids is 1. The molecule has 0 spiro atoms. The molecule has 7 nitrogen and oxygen atoms in total. The summed E-state index contributed by atoms with van der Waals surface area (Å²) in [5.41, 5.74) is 1.91. The normalized spacial score (nSPS) is 16.0. The third-order valence-electron chi connectivity index (χ3n) is 4.80. The molecule has 154 valence electrons. The predicted octanol–water partition coefficient (Wildman–Crippen LogP) is 2.89. The summed E-state index contributed by atoms with van der Waals surface area (Å²) in [7, 11) is 1.57. The van der Waals surface area contributed by atoms with Crippen molar-refractivity contribution in [3.8, 4) is 17.2 Å². The molecule has 0 bridgehead atoms. The van der Waals surface area contributed by atoms with Gasteiger partial charge in [-0.25, -0.2) is 0 Å². The molecule has 0 aromatic heterocycles. The minimum Gasteiger partial charge on any atom is -0.497 e. The van der Waals surface area contributed by atoms with Gasteiger partial charge in [0, 0.05) is 31.1 Å². The first kappa shape index (κ1) is 20.5. The average molecular weight is 399 g/mol. The second-order valence-corrected chi connectivity index (χ2v) is 7.00. The van der Waals surface area contributed by atoms with Gasteiger partial charge in [-0.3, -0.25) is 9.59 Å². The molecular formula is C22H25NO6. The molecule has 1 amide bonds. The van der Waals surface area contributed by atoms with Crippen molar-refractivity contribution in [1.82, 2.24) is 4.90 Å². The Balaban J connectivity index is 1.62. The monoisotopic (exact) mass is 399 g/mol. The largest absolute Gasteiger partial charge is 0.497 e. The molecule has 1 fully saturated rings. The second-order valence-electron chi connectivity index (χ2n) is 7.00. The van der Waals surface area contributed by atoms with Crippen LogP contribution in [0.4, 0.5) is 0 Å². The molecular weight excluding hydrogens is 374 g/mol. The summed E-state index contributed by atoms with van der Waals surface area (Å²) in [4.78, 5) is 24.9. The van der Waals surface area contributed by atoms with Gasteiger partial charge in [-0.05, 0) is 36.8 Å². The molecule has 0 aliphatic carbocycles. The number of aryl methyl sites for hydroxylation is 1. The van der Waals surface area contributed by atoms with Gasteiger partial charge in [-0.15, -0.1) is 0 Å². The van der Waals surface area contributed by atoms with Gasteiger partial charge in [-0.1, -0.05) is 12.1 Å². The van der Waals surface area contributed by atoms with E-state index in [0.717, 1.165) is 16.9 Å². The molecule has 3 rings (SSSR count). The smallest absolute Gasteiger partial charge is 0.308 e. The molecule has 0 radical (unpaired) electrons. The fourth-order valence-corrected chi connectivity index (χ4v) is 3.24. The van der Waals surface area contributed by atoms with E-state index in [1.165, 1.54) is 0 Å². The molecule has 1 atom stereocenters. The predicted molar refractivity (Wildman–Crippen MR) is 106 cm³/mol. The van der Waals surface area contributed by atoms with Crippen molar-refractivity contribution >= 4 is 11.9 Å². The highest BCUT2D eigenvalue weighted by Crippen LogP contribution is 2.28. The molecule has 1 N–H and O–H groups in total. The number of methoxy groups -OCH3 is 1. The van der Waals surface area contributed by atoms with E-state index in [4.69, 9.17) is 19.3 Å². The van der Waals surface area contributed by atoms with Crippen molar-refractivity contribution in [2.24, 2.45) is 5.92 Å². The Bertz CT molecular complexity index is 881. The van der Waals surface area contributed by atoms with Gasteiger partial charge in [0.1, 0.15) is 30.5 Å². The highest BCUT2D eigenvalue weighted by Gasteiger charge is 2.34. The Morgan fingerprint density at radius 1 is 1.14 bits per heavy atom. The number of carboxylic acids is 1. The fraction of sp³-hybridized carbons (Fsp3) is 0.364. The second kappa shape index (κ2) is 9.32. The highest BCUT2D eigenvalue weighted by atomic mass is 16.5. The lowest BCUT2D eigenvalue weighted by Crippen LogP contribution is -2.26. The van der Waals surface area contributed by atoms with Crippen molar-refractivity contribution in [3.05, 3.63) is 53.6 Å². The van der Waals surface area contributed by atoms with E-state index in [-0.39, 0.29) is 18.9 Å². The minimum absolute atomic E-state index is 0.0337. The number of hydrogen-bond donors (Lipinski definition) is 1. The van der Waals surface area contributed by atoms with E-state index in [0.29, 0.717) is 31.3 Å². The van der Waals surface area contributed by atoms with Crippen molar-refractivity contribution in [2.75, 3.05) is 26.9 Å². The molecule has 1 aliphatic rings. The van der Waals surface area contributed by atoms with E-state index >= 15 is 0 Å². The highest BCUT2D eigenvalue weighted by molar-refractivity contribution is 5.86. The zero-order valence-electron chi connectivity index (χ0n) is 16.6. The summed E-state index contributed by atoms with van der Waals surface area (Å²) in [6.07, 6.45) is 0.0337. The molecule has 7 heteroatoms. The Morgan fingerprint density at radius 2 is 1.93 bits per heavy atom. The first-order valence-corrected chi connectivity index (χ1v) is 9.46. The molecule has 2 aromatic carbocycles. The van der Waals surface area contributed by atoms with Crippen LogP contribution in [0.1, 0.15) is 17.5 Å². The number of hydrogen-bond acceptors (Lipinski definition) is 5. The lowest BCUT2D eigenvalue weighted by molar-refractivity contribution is -0.141. The molecule has 1 saturated heterocycles. The van der Waals surface area contributed by atoms with Crippen molar-refractivity contribution in [2.45, 2.75) is 19.9 Å². The van der Waals surface area contributed by atoms with Gasteiger partial charge in [0.25, 0.3) is 0 Å². The first-order chi connectivity index (χ1) is 14.0. The number of likely N-dealkylation sites (tertiary alicyclic amines) is 1. The van der Waals surface area contributed by atoms with Crippen LogP contribution in [-0.2, 0) is 16.1 Å². The summed E-state index contributed by atoms with van der Waals surface area (Å²) in [6.45, 7) is 3.18. The van der Waals surface area contributed by atoms with E-state index in [1.54, 1.807) is 24.1 Å². The van der Waals surface area contributed by atoms with Gasteiger partial charge in [0.2, 0.25) is 5.91 Å². The van der Waals surface area contributed by atoms with Crippen LogP contribution in [0, 0.1) is 12.8 Å². The molecule has 0 saturated carbocycles. The quantitative estimate of drug-likeness (QED) is 0.653. The number of ether oxygens (including phenoxy) is 3. The Morgan fingerprint density at radius 3 is 2.62 bits per heavy atom. The average Bonchev–Trinajstić information content (AvgIpc) is 3.07. The molecule has 1 unspecified atom stereocenters. The minimum atomic E-state index is -0.944. The third kappa shape index (κ3) is 5.40. The maximum absolute atomic E-state index is 12.1. The summed E-state index contributed by atoms with van der Waals surface area (Å²) < 4.78 is 16.9. The van der Waals surface area contributed by atoms with Crippen LogP contribution in [-0.4, -0.2) is 48.8 Å². The van der Waals surface area contributed by atoms with Gasteiger partial charge in [0.15, 0.2) is 0 Å². The zero-order valence-corrected chi connectivity index (χ0v) is 16.6. The standard InChI is InChI=1S/C22H25NO6/c1-15-4-3-5-19(10-15)28-8-9-29-20-12-18(27-2)7-6-16(20)13-23-14-17(22(25)26)11-21(23)24/h3-7,10,12,17H,8-9,11,13-14H2,1-2H3,(H,25,26). The molecule has 1 aliphatic heterocycles. The number of benzene rings is 2. The van der Waals surface area contributed by atoms with Crippen LogP contribution in [0.15, 0.2) is 42.5 Å². The van der Waals surface area contributed by atoms with E-state index < -0.39 is 11.9 Å². The van der Waals surface area contributed by atoms with Gasteiger partial charge in [-0.2, -0.15) is 0 Å². The maximum Gasteiger partial charge on any atom is 0.308 e. The van der Waals surface area contributed by atoms with Crippen LogP contribution >= 0.6 is 0 Å². The van der Waals surface area contributed by atoms with E-state index in [9.17, 15) is 9.59 Å². The third-order valence-corrected chi connectivity index (χ3v) is 4.80. The van der Waals surface area contributed by atoms with Gasteiger partial charge in [0.05, 0.1) is 13.0 Å². The van der Waals surface area contributed by atoms with Crippen molar-refractivity contribution in [1.29, 1.82) is 0 Å². The van der Waals surface area contributed by atoms with Gasteiger partial charge >= 0.3 is 5.97 Å². The summed E-state index contributed by atoms with van der Waals surface area (Å²) in [6, 6.07) is 13.2. The number of nitrogens with zero attached hydrogens (tertiary/aromatic N) is 1. The molecule has 2 aromatic rings. The Labute approximate surface area is 169 Å². The fourth-order valence-electron chi connectivity index (χ4n) is 3.24. The summed E-state index contributed by atoms with van der Waals surface area (Å²) >= 11 is 0. The Hall–Kier alpha value is -3.22. The Kier molecular flexibility index (Phi) is 6.59. The molecule has 29 heavy (non-hydrogen) atoms.